The maximum absolute atomic E-state index is 13.8. The van der Waals surface area contributed by atoms with Crippen LogP contribution in [0.3, 0.4) is 0 Å². The normalized spacial score (nSPS) is 16.1. The minimum absolute atomic E-state index is 0.0377. The van der Waals surface area contributed by atoms with E-state index in [0.29, 0.717) is 10.9 Å². The van der Waals surface area contributed by atoms with Crippen LogP contribution in [0, 0.1) is 23.0 Å². The lowest BCUT2D eigenvalue weighted by atomic mass is 9.83. The van der Waals surface area contributed by atoms with Crippen molar-refractivity contribution in [3.05, 3.63) is 87.0 Å². The van der Waals surface area contributed by atoms with Crippen LogP contribution in [0.4, 0.5) is 8.78 Å². The number of para-hydroxylation sites is 1. The molecule has 26 heavy (non-hydrogen) atoms. The molecule has 2 heterocycles. The lowest BCUT2D eigenvalue weighted by Gasteiger charge is -2.26. The van der Waals surface area contributed by atoms with E-state index in [1.54, 1.807) is 24.3 Å². The van der Waals surface area contributed by atoms with Gasteiger partial charge < -0.3 is 15.5 Å². The topological polar surface area (TPSA) is 91.9 Å². The van der Waals surface area contributed by atoms with Crippen molar-refractivity contribution in [1.82, 2.24) is 4.98 Å². The Morgan fingerprint density at radius 2 is 1.92 bits per heavy atom. The fourth-order valence-corrected chi connectivity index (χ4v) is 3.20. The van der Waals surface area contributed by atoms with E-state index in [0.717, 1.165) is 12.1 Å². The number of allylic oxidation sites excluding steroid dienone is 1. The number of fused-ring (bicyclic) bond motifs is 3. The molecule has 0 fully saturated rings. The van der Waals surface area contributed by atoms with Crippen LogP contribution in [0.25, 0.3) is 10.9 Å². The van der Waals surface area contributed by atoms with Crippen LogP contribution in [0.5, 0.6) is 5.75 Å². The zero-order chi connectivity index (χ0) is 18.4. The number of hydrogen-bond acceptors (Lipinski definition) is 4. The molecule has 1 aliphatic heterocycles. The lowest BCUT2D eigenvalue weighted by molar-refractivity contribution is 0.396. The number of aromatic amines is 1. The third-order valence-electron chi connectivity index (χ3n) is 4.36. The Balaban J connectivity index is 2.08. The number of halogens is 2. The molecule has 1 atom stereocenters. The summed E-state index contributed by atoms with van der Waals surface area (Å²) in [6.45, 7) is 0. The van der Waals surface area contributed by atoms with Gasteiger partial charge in [-0.25, -0.2) is 8.78 Å². The third-order valence-corrected chi connectivity index (χ3v) is 4.36. The van der Waals surface area contributed by atoms with E-state index >= 15 is 0 Å². The molecule has 3 aromatic rings. The van der Waals surface area contributed by atoms with Crippen molar-refractivity contribution < 1.29 is 13.5 Å². The molecule has 4 rings (SSSR count). The second kappa shape index (κ2) is 5.70. The average molecular weight is 351 g/mol. The molecule has 7 heteroatoms. The summed E-state index contributed by atoms with van der Waals surface area (Å²) >= 11 is 0. The number of rotatable bonds is 1. The Morgan fingerprint density at radius 3 is 2.65 bits per heavy atom. The van der Waals surface area contributed by atoms with Crippen LogP contribution in [-0.2, 0) is 0 Å². The van der Waals surface area contributed by atoms with E-state index in [1.165, 1.54) is 6.07 Å². The fourth-order valence-electron chi connectivity index (χ4n) is 3.20. The van der Waals surface area contributed by atoms with Gasteiger partial charge >= 0.3 is 0 Å². The summed E-state index contributed by atoms with van der Waals surface area (Å²) in [6.07, 6.45) is 0. The third kappa shape index (κ3) is 2.24. The number of ether oxygens (including phenoxy) is 1. The molecule has 0 saturated carbocycles. The Bertz CT molecular complexity index is 1190. The maximum atomic E-state index is 13.8. The van der Waals surface area contributed by atoms with Crippen LogP contribution in [0.1, 0.15) is 17.0 Å². The number of aromatic nitrogens is 1. The van der Waals surface area contributed by atoms with Crippen molar-refractivity contribution >= 4 is 10.9 Å². The highest BCUT2D eigenvalue weighted by molar-refractivity contribution is 5.87. The van der Waals surface area contributed by atoms with Crippen LogP contribution in [-0.4, -0.2) is 4.98 Å². The lowest BCUT2D eigenvalue weighted by Crippen LogP contribution is -2.28. The zero-order valence-corrected chi connectivity index (χ0v) is 13.2. The predicted octanol–water partition coefficient (Wildman–Crippen LogP) is 3.02. The molecule has 1 aromatic heterocycles. The maximum Gasteiger partial charge on any atom is 0.256 e. The molecule has 2 aromatic carbocycles. The average Bonchev–Trinajstić information content (AvgIpc) is 2.63. The summed E-state index contributed by atoms with van der Waals surface area (Å²) in [7, 11) is 0. The summed E-state index contributed by atoms with van der Waals surface area (Å²) < 4.78 is 32.7. The summed E-state index contributed by atoms with van der Waals surface area (Å²) in [4.78, 5) is 15.4. The van der Waals surface area contributed by atoms with Gasteiger partial charge in [-0.1, -0.05) is 18.2 Å². The van der Waals surface area contributed by atoms with Crippen molar-refractivity contribution in [2.45, 2.75) is 5.92 Å². The smallest absolute Gasteiger partial charge is 0.256 e. The molecule has 0 amide bonds. The molecule has 128 valence electrons. The van der Waals surface area contributed by atoms with E-state index in [4.69, 9.17) is 10.5 Å². The van der Waals surface area contributed by atoms with Crippen molar-refractivity contribution in [3.8, 4) is 11.8 Å². The molecule has 0 aliphatic carbocycles. The number of H-pyrrole nitrogens is 1. The summed E-state index contributed by atoms with van der Waals surface area (Å²) in [6, 6.07) is 12.1. The fraction of sp³-hybridized carbons (Fsp3) is 0.0526. The first-order valence-corrected chi connectivity index (χ1v) is 7.68. The van der Waals surface area contributed by atoms with Gasteiger partial charge in [-0.2, -0.15) is 5.26 Å². The molecule has 0 radical (unpaired) electrons. The van der Waals surface area contributed by atoms with Crippen LogP contribution < -0.4 is 16.0 Å². The van der Waals surface area contributed by atoms with Crippen molar-refractivity contribution in [2.24, 2.45) is 5.73 Å². The SMILES string of the molecule is N#CC1=C(N)Oc2c(c(=O)[nH]c3ccccc23)[C@H]1c1ccc(F)c(F)c1. The number of benzene rings is 2. The highest BCUT2D eigenvalue weighted by Crippen LogP contribution is 2.43. The summed E-state index contributed by atoms with van der Waals surface area (Å²) in [5.74, 6) is -3.04. The minimum Gasteiger partial charge on any atom is -0.439 e. The number of nitrogens with two attached hydrogens (primary N) is 1. The molecule has 0 spiro atoms. The predicted molar refractivity (Wildman–Crippen MR) is 90.2 cm³/mol. The summed E-state index contributed by atoms with van der Waals surface area (Å²) in [5, 5.41) is 10.1. The van der Waals surface area contributed by atoms with Crippen molar-refractivity contribution in [2.75, 3.05) is 0 Å². The first-order chi connectivity index (χ1) is 12.5. The van der Waals surface area contributed by atoms with Crippen LogP contribution in [0.15, 0.2) is 58.7 Å². The highest BCUT2D eigenvalue weighted by atomic mass is 19.2. The first kappa shape index (κ1) is 15.8. The molecular weight excluding hydrogens is 340 g/mol. The molecule has 5 nitrogen and oxygen atoms in total. The van der Waals surface area contributed by atoms with Gasteiger partial charge in [0.1, 0.15) is 17.4 Å². The molecule has 3 N–H and O–H groups in total. The molecular formula is C19H11F2N3O2. The monoisotopic (exact) mass is 351 g/mol. The van der Waals surface area contributed by atoms with E-state index in [9.17, 15) is 18.8 Å². The quantitative estimate of drug-likeness (QED) is 0.705. The Labute approximate surface area is 145 Å². The van der Waals surface area contributed by atoms with Gasteiger partial charge in [0.05, 0.1) is 17.0 Å². The van der Waals surface area contributed by atoms with Crippen LogP contribution in [0.2, 0.25) is 0 Å². The summed E-state index contributed by atoms with van der Waals surface area (Å²) in [5.41, 5.74) is 6.26. The van der Waals surface area contributed by atoms with Gasteiger partial charge in [-0.3, -0.25) is 4.79 Å². The van der Waals surface area contributed by atoms with Gasteiger partial charge in [-0.15, -0.1) is 0 Å². The first-order valence-electron chi connectivity index (χ1n) is 7.68. The second-order valence-electron chi connectivity index (χ2n) is 5.84. The van der Waals surface area contributed by atoms with Gasteiger partial charge in [0, 0.05) is 5.39 Å². The Kier molecular flexibility index (Phi) is 3.48. The molecule has 0 bridgehead atoms. The van der Waals surface area contributed by atoms with Gasteiger partial charge in [-0.05, 0) is 29.8 Å². The molecule has 0 saturated heterocycles. The molecule has 1 aliphatic rings. The minimum atomic E-state index is -1.08. The largest absolute Gasteiger partial charge is 0.439 e. The zero-order valence-electron chi connectivity index (χ0n) is 13.2. The Morgan fingerprint density at radius 1 is 1.15 bits per heavy atom. The number of hydrogen-bond donors (Lipinski definition) is 2. The number of nitriles is 1. The van der Waals surface area contributed by atoms with Crippen molar-refractivity contribution in [3.63, 3.8) is 0 Å². The van der Waals surface area contributed by atoms with E-state index < -0.39 is 23.1 Å². The number of nitrogens with zero attached hydrogens (tertiary/aromatic N) is 1. The molecule has 0 unspecified atom stereocenters. The van der Waals surface area contributed by atoms with E-state index in [2.05, 4.69) is 4.98 Å². The Hall–Kier alpha value is -3.66. The van der Waals surface area contributed by atoms with Crippen LogP contribution >= 0.6 is 0 Å². The standard InChI is InChI=1S/C19H11F2N3O2/c20-12-6-5-9(7-13(12)21)15-11(8-22)18(23)26-17-10-3-1-2-4-14(10)24-19(25)16(15)17/h1-7,15H,23H2,(H,24,25)/t15-/m0/s1. The second-order valence-corrected chi connectivity index (χ2v) is 5.84. The van der Waals surface area contributed by atoms with Crippen molar-refractivity contribution in [1.29, 1.82) is 5.26 Å². The number of pyridine rings is 1. The van der Waals surface area contributed by atoms with Gasteiger partial charge in [0.2, 0.25) is 5.88 Å². The van der Waals surface area contributed by atoms with Gasteiger partial charge in [0.15, 0.2) is 11.6 Å². The highest BCUT2D eigenvalue weighted by Gasteiger charge is 2.34. The number of nitrogens with one attached hydrogen (secondary N) is 1. The van der Waals surface area contributed by atoms with E-state index in [1.807, 2.05) is 6.07 Å². The van der Waals surface area contributed by atoms with Gasteiger partial charge in [0.25, 0.3) is 5.56 Å². The van der Waals surface area contributed by atoms with E-state index in [-0.39, 0.29) is 28.3 Å².